The van der Waals surface area contributed by atoms with Crippen molar-refractivity contribution in [3.8, 4) is 0 Å². The zero-order chi connectivity index (χ0) is 13.6. The van der Waals surface area contributed by atoms with Crippen LogP contribution >= 0.6 is 0 Å². The van der Waals surface area contributed by atoms with E-state index in [1.54, 1.807) is 25.1 Å². The molecule has 18 heavy (non-hydrogen) atoms. The van der Waals surface area contributed by atoms with Crippen molar-refractivity contribution in [2.24, 2.45) is 0 Å². The molecule has 1 atom stereocenters. The first-order chi connectivity index (χ1) is 8.59. The lowest BCUT2D eigenvalue weighted by molar-refractivity contribution is -0.162. The highest BCUT2D eigenvalue weighted by molar-refractivity contribution is 6.05. The maximum absolute atomic E-state index is 12.7. The highest BCUT2D eigenvalue weighted by atomic mass is 19.1. The van der Waals surface area contributed by atoms with Gasteiger partial charge in [0.1, 0.15) is 0 Å². The summed E-state index contributed by atoms with van der Waals surface area (Å²) in [6.45, 7) is 0.706. The van der Waals surface area contributed by atoms with Gasteiger partial charge in [-0.15, -0.1) is 0 Å². The van der Waals surface area contributed by atoms with Crippen LogP contribution in [0.2, 0.25) is 0 Å². The predicted molar refractivity (Wildman–Crippen MR) is 63.0 cm³/mol. The summed E-state index contributed by atoms with van der Waals surface area (Å²) in [5.74, 6) is -2.33. The van der Waals surface area contributed by atoms with E-state index in [2.05, 4.69) is 0 Å². The van der Waals surface area contributed by atoms with E-state index in [-0.39, 0.29) is 12.2 Å². The lowest BCUT2D eigenvalue weighted by Gasteiger charge is -2.26. The van der Waals surface area contributed by atoms with Gasteiger partial charge in [-0.1, -0.05) is 30.3 Å². The van der Waals surface area contributed by atoms with E-state index in [1.807, 2.05) is 0 Å². The lowest BCUT2D eigenvalue weighted by atomic mass is 9.78. The summed E-state index contributed by atoms with van der Waals surface area (Å²) in [5.41, 5.74) is -1.74. The Morgan fingerprint density at radius 3 is 2.39 bits per heavy atom. The number of carboxylic acid groups (broad SMARTS) is 1. The van der Waals surface area contributed by atoms with Gasteiger partial charge in [-0.3, -0.25) is 14.0 Å². The summed E-state index contributed by atoms with van der Waals surface area (Å²) in [4.78, 5) is 23.4. The minimum absolute atomic E-state index is 0.0486. The number of halogens is 1. The molecule has 0 spiro atoms. The third kappa shape index (κ3) is 2.50. The fourth-order valence-corrected chi connectivity index (χ4v) is 1.80. The number of benzene rings is 1. The van der Waals surface area contributed by atoms with Crippen molar-refractivity contribution in [2.45, 2.75) is 18.8 Å². The first-order valence-electron chi connectivity index (χ1n) is 5.61. The van der Waals surface area contributed by atoms with Crippen molar-refractivity contribution in [2.75, 3.05) is 13.3 Å². The summed E-state index contributed by atoms with van der Waals surface area (Å²) in [5, 5.41) is 9.34. The third-order valence-electron chi connectivity index (χ3n) is 2.73. The second-order valence-electron chi connectivity index (χ2n) is 3.74. The number of carbonyl (C=O) groups is 2. The van der Waals surface area contributed by atoms with Crippen molar-refractivity contribution in [3.63, 3.8) is 0 Å². The van der Waals surface area contributed by atoms with Crippen LogP contribution in [0, 0.1) is 0 Å². The smallest absolute Gasteiger partial charge is 0.328 e. The van der Waals surface area contributed by atoms with Gasteiger partial charge in [0.2, 0.25) is 0 Å². The van der Waals surface area contributed by atoms with Crippen molar-refractivity contribution < 1.29 is 23.8 Å². The Kier molecular flexibility index (Phi) is 4.83. The average Bonchev–Trinajstić information content (AvgIpc) is 2.36. The number of rotatable bonds is 6. The molecule has 0 saturated carbocycles. The molecule has 4 nitrogen and oxygen atoms in total. The molecular formula is C13H15FO4. The predicted octanol–water partition coefficient (Wildman–Crippen LogP) is 1.93. The molecule has 98 valence electrons. The highest BCUT2D eigenvalue weighted by Gasteiger charge is 2.49. The van der Waals surface area contributed by atoms with Gasteiger partial charge in [0.05, 0.1) is 13.3 Å². The molecule has 0 heterocycles. The molecule has 0 aliphatic carbocycles. The summed E-state index contributed by atoms with van der Waals surface area (Å²) in [6.07, 6.45) is -0.439. The van der Waals surface area contributed by atoms with Crippen LogP contribution in [-0.4, -0.2) is 30.3 Å². The normalized spacial score (nSPS) is 13.7. The topological polar surface area (TPSA) is 63.6 Å². The summed E-state index contributed by atoms with van der Waals surface area (Å²) in [6, 6.07) is 7.87. The van der Waals surface area contributed by atoms with Gasteiger partial charge in [-0.05, 0) is 12.5 Å². The van der Waals surface area contributed by atoms with E-state index in [0.29, 0.717) is 0 Å². The van der Waals surface area contributed by atoms with E-state index >= 15 is 0 Å². The number of esters is 1. The first kappa shape index (κ1) is 14.2. The van der Waals surface area contributed by atoms with Gasteiger partial charge in [0, 0.05) is 6.42 Å². The SMILES string of the molecule is CCOC(=O)C(CCF)(C(=O)O)c1ccccc1. The molecule has 1 unspecified atom stereocenters. The fraction of sp³-hybridized carbons (Fsp3) is 0.385. The quantitative estimate of drug-likeness (QED) is 0.622. The Labute approximate surface area is 104 Å². The number of hydrogen-bond donors (Lipinski definition) is 1. The Morgan fingerprint density at radius 2 is 1.94 bits per heavy atom. The standard InChI is InChI=1S/C13H15FO4/c1-2-18-12(17)13(8-9-14,11(15)16)10-6-4-3-5-7-10/h3-7H,2,8-9H2,1H3,(H,15,16). The second-order valence-corrected chi connectivity index (χ2v) is 3.74. The van der Waals surface area contributed by atoms with Crippen LogP contribution in [-0.2, 0) is 19.7 Å². The lowest BCUT2D eigenvalue weighted by Crippen LogP contribution is -2.45. The largest absolute Gasteiger partial charge is 0.480 e. The third-order valence-corrected chi connectivity index (χ3v) is 2.73. The maximum atomic E-state index is 12.7. The molecule has 0 bridgehead atoms. The number of carbonyl (C=O) groups excluding carboxylic acids is 1. The molecule has 0 aromatic heterocycles. The van der Waals surface area contributed by atoms with Crippen molar-refractivity contribution >= 4 is 11.9 Å². The van der Waals surface area contributed by atoms with Crippen molar-refractivity contribution in [1.29, 1.82) is 0 Å². The monoisotopic (exact) mass is 254 g/mol. The zero-order valence-corrected chi connectivity index (χ0v) is 10.1. The molecule has 0 aliphatic heterocycles. The van der Waals surface area contributed by atoms with E-state index < -0.39 is 30.4 Å². The minimum Gasteiger partial charge on any atom is -0.480 e. The van der Waals surface area contributed by atoms with Crippen LogP contribution in [0.15, 0.2) is 30.3 Å². The Bertz CT molecular complexity index is 418. The second kappa shape index (κ2) is 6.14. The molecule has 0 saturated heterocycles. The Balaban J connectivity index is 3.30. The van der Waals surface area contributed by atoms with Crippen LogP contribution in [0.25, 0.3) is 0 Å². The van der Waals surface area contributed by atoms with Gasteiger partial charge in [0.15, 0.2) is 5.41 Å². The van der Waals surface area contributed by atoms with Crippen LogP contribution in [0.5, 0.6) is 0 Å². The molecule has 1 aromatic carbocycles. The Morgan fingerprint density at radius 1 is 1.33 bits per heavy atom. The van der Waals surface area contributed by atoms with E-state index in [9.17, 15) is 19.1 Å². The van der Waals surface area contributed by atoms with Gasteiger partial charge < -0.3 is 9.84 Å². The van der Waals surface area contributed by atoms with Gasteiger partial charge in [-0.2, -0.15) is 0 Å². The fourth-order valence-electron chi connectivity index (χ4n) is 1.80. The molecule has 0 fully saturated rings. The number of carboxylic acids is 1. The molecule has 0 aliphatic rings. The van der Waals surface area contributed by atoms with Gasteiger partial charge in [0.25, 0.3) is 0 Å². The number of aliphatic carboxylic acids is 1. The minimum atomic E-state index is -1.97. The van der Waals surface area contributed by atoms with Crippen molar-refractivity contribution in [1.82, 2.24) is 0 Å². The van der Waals surface area contributed by atoms with Gasteiger partial charge in [-0.25, -0.2) is 0 Å². The molecular weight excluding hydrogens is 239 g/mol. The average molecular weight is 254 g/mol. The molecule has 0 amide bonds. The summed E-state index contributed by atoms with van der Waals surface area (Å²) in [7, 11) is 0. The number of alkyl halides is 1. The van der Waals surface area contributed by atoms with Crippen LogP contribution in [0.3, 0.4) is 0 Å². The molecule has 1 N–H and O–H groups in total. The van der Waals surface area contributed by atoms with E-state index in [4.69, 9.17) is 4.74 Å². The van der Waals surface area contributed by atoms with E-state index in [1.165, 1.54) is 12.1 Å². The molecule has 1 rings (SSSR count). The first-order valence-corrected chi connectivity index (χ1v) is 5.61. The zero-order valence-electron chi connectivity index (χ0n) is 10.1. The van der Waals surface area contributed by atoms with E-state index in [0.717, 1.165) is 0 Å². The molecule has 5 heteroatoms. The Hall–Kier alpha value is -1.91. The van der Waals surface area contributed by atoms with Crippen LogP contribution < -0.4 is 0 Å². The molecule has 0 radical (unpaired) electrons. The van der Waals surface area contributed by atoms with Crippen molar-refractivity contribution in [3.05, 3.63) is 35.9 Å². The maximum Gasteiger partial charge on any atom is 0.328 e. The van der Waals surface area contributed by atoms with Gasteiger partial charge >= 0.3 is 11.9 Å². The molecule has 1 aromatic rings. The van der Waals surface area contributed by atoms with Crippen LogP contribution in [0.1, 0.15) is 18.9 Å². The number of hydrogen-bond acceptors (Lipinski definition) is 3. The highest BCUT2D eigenvalue weighted by Crippen LogP contribution is 2.30. The number of ether oxygens (including phenoxy) is 1. The summed E-state index contributed by atoms with van der Waals surface area (Å²) < 4.78 is 17.5. The summed E-state index contributed by atoms with van der Waals surface area (Å²) >= 11 is 0. The van der Waals surface area contributed by atoms with Crippen LogP contribution in [0.4, 0.5) is 4.39 Å².